The second-order valence-electron chi connectivity index (χ2n) is 11.1. The Hall–Kier alpha value is -3.94. The summed E-state index contributed by atoms with van der Waals surface area (Å²) in [5.74, 6) is -0.634. The van der Waals surface area contributed by atoms with Crippen LogP contribution in [-0.4, -0.2) is 28.0 Å². The van der Waals surface area contributed by atoms with Crippen LogP contribution >= 0.6 is 7.26 Å². The van der Waals surface area contributed by atoms with Crippen LogP contribution in [0.25, 0.3) is 0 Å². The molecule has 0 radical (unpaired) electrons. The van der Waals surface area contributed by atoms with Crippen LogP contribution in [0.4, 0.5) is 11.4 Å². The Morgan fingerprint density at radius 1 is 0.786 bits per heavy atom. The number of nitrogens with zero attached hydrogens (tertiary/aromatic N) is 2. The molecule has 1 atom stereocenters. The lowest BCUT2D eigenvalue weighted by molar-refractivity contribution is -0.394. The van der Waals surface area contributed by atoms with Gasteiger partial charge in [-0.25, -0.2) is 0 Å². The summed E-state index contributed by atoms with van der Waals surface area (Å²) in [4.78, 5) is 35.2. The van der Waals surface area contributed by atoms with Crippen LogP contribution in [0.3, 0.4) is 0 Å². The fourth-order valence-corrected chi connectivity index (χ4v) is 9.79. The van der Waals surface area contributed by atoms with Crippen LogP contribution < -0.4 is 32.9 Å². The van der Waals surface area contributed by atoms with Gasteiger partial charge in [-0.05, 0) is 41.3 Å². The van der Waals surface area contributed by atoms with Crippen molar-refractivity contribution in [2.75, 3.05) is 6.16 Å². The van der Waals surface area contributed by atoms with Crippen LogP contribution in [0.15, 0.2) is 109 Å². The lowest BCUT2D eigenvalue weighted by Crippen LogP contribution is -3.00. The molecule has 4 aromatic rings. The van der Waals surface area contributed by atoms with Crippen LogP contribution in [0, 0.1) is 25.6 Å². The van der Waals surface area contributed by atoms with Gasteiger partial charge in [0.25, 0.3) is 17.3 Å². The number of nitro groups is 2. The molecule has 0 saturated heterocycles. The van der Waals surface area contributed by atoms with Crippen molar-refractivity contribution < 1.29 is 31.6 Å². The number of nitrogens with one attached hydrogen (secondary N) is 1. The first-order valence-corrected chi connectivity index (χ1v) is 15.4. The first-order chi connectivity index (χ1) is 19.5. The highest BCUT2D eigenvalue weighted by atomic mass is 79.9. The second kappa shape index (κ2) is 13.8. The third kappa shape index (κ3) is 7.46. The summed E-state index contributed by atoms with van der Waals surface area (Å²) in [5.41, 5.74) is -0.487. The average molecular weight is 651 g/mol. The highest BCUT2D eigenvalue weighted by molar-refractivity contribution is 7.88. The van der Waals surface area contributed by atoms with E-state index in [0.29, 0.717) is 6.16 Å². The molecule has 0 spiro atoms. The number of carbonyl (C=O) groups is 1. The van der Waals surface area contributed by atoms with E-state index < -0.39 is 39.8 Å². The van der Waals surface area contributed by atoms with E-state index in [1.807, 2.05) is 75.4 Å². The normalized spacial score (nSPS) is 12.1. The van der Waals surface area contributed by atoms with E-state index >= 15 is 0 Å². The molecule has 1 amide bonds. The van der Waals surface area contributed by atoms with Crippen LogP contribution in [0.5, 0.6) is 0 Å². The van der Waals surface area contributed by atoms with Crippen molar-refractivity contribution in [3.05, 3.63) is 141 Å². The Balaban J connectivity index is 0.00000484. The molecule has 42 heavy (non-hydrogen) atoms. The molecule has 0 aliphatic heterocycles. The Kier molecular flexibility index (Phi) is 10.7. The van der Waals surface area contributed by atoms with E-state index in [2.05, 4.69) is 41.7 Å². The van der Waals surface area contributed by atoms with Crippen molar-refractivity contribution >= 4 is 35.2 Å². The fraction of sp³-hybridized carbons (Fsp3) is 0.219. The van der Waals surface area contributed by atoms with Gasteiger partial charge in [-0.1, -0.05) is 87.5 Å². The molecule has 0 aliphatic carbocycles. The molecule has 0 unspecified atom stereocenters. The molecule has 218 valence electrons. The van der Waals surface area contributed by atoms with Gasteiger partial charge >= 0.3 is 0 Å². The van der Waals surface area contributed by atoms with Gasteiger partial charge in [0.05, 0.1) is 52.2 Å². The minimum absolute atomic E-state index is 0. The van der Waals surface area contributed by atoms with E-state index in [9.17, 15) is 25.0 Å². The SMILES string of the molecule is CC(C)(C)[C@@H](C[P+](Cc1ccccc1)(c1ccccc1)c1ccccc1)NC(=O)c1ccc([N+](=O)[O-])cc1[N+](=O)[O-].[Br-]. The molecule has 0 aliphatic rings. The summed E-state index contributed by atoms with van der Waals surface area (Å²) >= 11 is 0. The Labute approximate surface area is 256 Å². The van der Waals surface area contributed by atoms with Crippen molar-refractivity contribution in [3.8, 4) is 0 Å². The van der Waals surface area contributed by atoms with Crippen LogP contribution in [-0.2, 0) is 6.16 Å². The number of amides is 1. The third-order valence-corrected chi connectivity index (χ3v) is 11.7. The van der Waals surface area contributed by atoms with Gasteiger partial charge in [0.2, 0.25) is 0 Å². The highest BCUT2D eigenvalue weighted by Gasteiger charge is 2.47. The zero-order valence-corrected chi connectivity index (χ0v) is 26.1. The predicted molar refractivity (Wildman–Crippen MR) is 165 cm³/mol. The summed E-state index contributed by atoms with van der Waals surface area (Å²) < 4.78 is 0. The van der Waals surface area contributed by atoms with E-state index in [1.165, 1.54) is 16.2 Å². The zero-order valence-electron chi connectivity index (χ0n) is 23.6. The minimum Gasteiger partial charge on any atom is -1.00 e. The second-order valence-corrected chi connectivity index (χ2v) is 14.7. The molecule has 10 heteroatoms. The lowest BCUT2D eigenvalue weighted by Gasteiger charge is -2.37. The Morgan fingerprint density at radius 2 is 1.29 bits per heavy atom. The molecule has 0 heterocycles. The van der Waals surface area contributed by atoms with Gasteiger partial charge in [-0.3, -0.25) is 25.0 Å². The summed E-state index contributed by atoms with van der Waals surface area (Å²) in [7, 11) is -2.21. The number of hydrogen-bond donors (Lipinski definition) is 1. The van der Waals surface area contributed by atoms with Gasteiger partial charge < -0.3 is 22.3 Å². The summed E-state index contributed by atoms with van der Waals surface area (Å²) in [6.45, 7) is 6.11. The molecular weight excluding hydrogens is 617 g/mol. The van der Waals surface area contributed by atoms with E-state index in [1.54, 1.807) is 0 Å². The summed E-state index contributed by atoms with van der Waals surface area (Å²) in [5, 5.41) is 28.5. The quantitative estimate of drug-likeness (QED) is 0.160. The Bertz CT molecular complexity index is 1490. The van der Waals surface area contributed by atoms with Crippen molar-refractivity contribution in [2.45, 2.75) is 33.0 Å². The molecule has 4 rings (SSSR count). The van der Waals surface area contributed by atoms with Crippen LogP contribution in [0.1, 0.15) is 36.7 Å². The number of nitro benzene ring substituents is 2. The van der Waals surface area contributed by atoms with Crippen molar-refractivity contribution in [1.29, 1.82) is 0 Å². The van der Waals surface area contributed by atoms with Gasteiger partial charge in [-0.2, -0.15) is 0 Å². The first kappa shape index (κ1) is 32.6. The molecule has 1 N–H and O–H groups in total. The van der Waals surface area contributed by atoms with Crippen LogP contribution in [0.2, 0.25) is 0 Å². The molecular formula is C32H33BrN3O5P. The van der Waals surface area contributed by atoms with Gasteiger partial charge in [0.15, 0.2) is 0 Å². The maximum atomic E-state index is 13.7. The number of hydrogen-bond acceptors (Lipinski definition) is 5. The number of rotatable bonds is 10. The standard InChI is InChI=1S/C32H32N3O5P.BrH/c1-32(2,3)30(33-31(36)28-20-19-25(34(37)38)21-29(28)35(39)40)23-41(26-15-9-5-10-16-26,27-17-11-6-12-18-27)22-24-13-7-4-8-14-24;/h4-21,30H,22-23H2,1-3H3;1H/t30-;/m1./s1. The van der Waals surface area contributed by atoms with Gasteiger partial charge in [0, 0.05) is 6.07 Å². The first-order valence-electron chi connectivity index (χ1n) is 13.3. The molecule has 4 aromatic carbocycles. The highest BCUT2D eigenvalue weighted by Crippen LogP contribution is 2.60. The molecule has 8 nitrogen and oxygen atoms in total. The summed E-state index contributed by atoms with van der Waals surface area (Å²) in [6.07, 6.45) is 1.37. The van der Waals surface area contributed by atoms with E-state index in [0.717, 1.165) is 24.4 Å². The molecule has 0 saturated carbocycles. The minimum atomic E-state index is -2.21. The molecule has 0 aromatic heterocycles. The molecule has 0 bridgehead atoms. The maximum Gasteiger partial charge on any atom is 0.289 e. The third-order valence-electron chi connectivity index (χ3n) is 7.27. The smallest absolute Gasteiger partial charge is 0.289 e. The fourth-order valence-electron chi connectivity index (χ4n) is 4.99. The molecule has 0 fully saturated rings. The zero-order chi connectivity index (χ0) is 29.6. The predicted octanol–water partition coefficient (Wildman–Crippen LogP) is 3.52. The number of non-ortho nitro benzene ring substituents is 1. The lowest BCUT2D eigenvalue weighted by atomic mass is 9.87. The monoisotopic (exact) mass is 649 g/mol. The topological polar surface area (TPSA) is 115 Å². The van der Waals surface area contributed by atoms with E-state index in [-0.39, 0.29) is 28.6 Å². The Morgan fingerprint density at radius 3 is 1.74 bits per heavy atom. The average Bonchev–Trinajstić information content (AvgIpc) is 2.96. The number of halogens is 1. The van der Waals surface area contributed by atoms with Crippen molar-refractivity contribution in [3.63, 3.8) is 0 Å². The number of carbonyl (C=O) groups excluding carboxylic acids is 1. The van der Waals surface area contributed by atoms with E-state index in [4.69, 9.17) is 0 Å². The van der Waals surface area contributed by atoms with Crippen molar-refractivity contribution in [1.82, 2.24) is 5.32 Å². The largest absolute Gasteiger partial charge is 1.00 e. The van der Waals surface area contributed by atoms with Gasteiger partial charge in [0.1, 0.15) is 5.56 Å². The summed E-state index contributed by atoms with van der Waals surface area (Å²) in [6, 6.07) is 33.7. The van der Waals surface area contributed by atoms with Crippen molar-refractivity contribution in [2.24, 2.45) is 5.41 Å². The van der Waals surface area contributed by atoms with Gasteiger partial charge in [-0.15, -0.1) is 0 Å². The maximum absolute atomic E-state index is 13.7. The number of benzene rings is 4.